The molecular formula is C20H22N2O4. The highest BCUT2D eigenvalue weighted by Crippen LogP contribution is 2.41. The highest BCUT2D eigenvalue weighted by Gasteiger charge is 2.34. The number of nitrogens with zero attached hydrogens (tertiary/aromatic N) is 1. The number of hydrogen-bond donors (Lipinski definition) is 1. The first kappa shape index (κ1) is 17.7. The molecule has 6 heteroatoms. The van der Waals surface area contributed by atoms with Crippen LogP contribution in [-0.2, 0) is 0 Å². The molecule has 2 aromatic rings. The zero-order valence-electron chi connectivity index (χ0n) is 15.1. The molecule has 1 N–H and O–H groups in total. The molecule has 1 heterocycles. The maximum Gasteiger partial charge on any atom is 0.258 e. The van der Waals surface area contributed by atoms with Crippen LogP contribution >= 0.6 is 0 Å². The van der Waals surface area contributed by atoms with E-state index in [0.717, 1.165) is 11.3 Å². The molecule has 26 heavy (non-hydrogen) atoms. The fourth-order valence-corrected chi connectivity index (χ4v) is 3.13. The van der Waals surface area contributed by atoms with Crippen molar-refractivity contribution in [2.75, 3.05) is 33.2 Å². The number of para-hydroxylation sites is 1. The SMILES string of the molecule is C=CCN1C(=O)c2ccccc2NC1c1cc(OC)c(OC)cc1OC. The van der Waals surface area contributed by atoms with Crippen molar-refractivity contribution in [1.82, 2.24) is 4.90 Å². The summed E-state index contributed by atoms with van der Waals surface area (Å²) < 4.78 is 16.3. The Balaban J connectivity index is 2.14. The summed E-state index contributed by atoms with van der Waals surface area (Å²) in [6, 6.07) is 11.0. The van der Waals surface area contributed by atoms with Gasteiger partial charge in [0.15, 0.2) is 11.5 Å². The Labute approximate surface area is 153 Å². The minimum absolute atomic E-state index is 0.0684. The predicted molar refractivity (Wildman–Crippen MR) is 100 cm³/mol. The van der Waals surface area contributed by atoms with E-state index in [-0.39, 0.29) is 5.91 Å². The summed E-state index contributed by atoms with van der Waals surface area (Å²) in [6.07, 6.45) is 1.28. The molecule has 1 amide bonds. The van der Waals surface area contributed by atoms with Crippen molar-refractivity contribution in [1.29, 1.82) is 0 Å². The number of anilines is 1. The Bertz CT molecular complexity index is 835. The number of benzene rings is 2. The lowest BCUT2D eigenvalue weighted by atomic mass is 10.0. The van der Waals surface area contributed by atoms with E-state index in [1.807, 2.05) is 30.3 Å². The third kappa shape index (κ3) is 2.94. The summed E-state index contributed by atoms with van der Waals surface area (Å²) in [6.45, 7) is 4.17. The van der Waals surface area contributed by atoms with Gasteiger partial charge >= 0.3 is 0 Å². The summed E-state index contributed by atoms with van der Waals surface area (Å²) in [5, 5.41) is 3.42. The number of carbonyl (C=O) groups excluding carboxylic acids is 1. The second-order valence-electron chi connectivity index (χ2n) is 5.79. The number of ether oxygens (including phenoxy) is 3. The summed E-state index contributed by atoms with van der Waals surface area (Å²) in [5.41, 5.74) is 2.18. The van der Waals surface area contributed by atoms with E-state index in [9.17, 15) is 4.79 Å². The van der Waals surface area contributed by atoms with E-state index in [1.165, 1.54) is 0 Å². The van der Waals surface area contributed by atoms with Crippen LogP contribution in [0, 0.1) is 0 Å². The molecule has 0 fully saturated rings. The smallest absolute Gasteiger partial charge is 0.258 e. The van der Waals surface area contributed by atoms with Gasteiger partial charge in [0.2, 0.25) is 0 Å². The Morgan fingerprint density at radius 1 is 1.08 bits per heavy atom. The van der Waals surface area contributed by atoms with E-state index in [0.29, 0.717) is 29.4 Å². The maximum atomic E-state index is 13.0. The lowest BCUT2D eigenvalue weighted by Gasteiger charge is -2.38. The largest absolute Gasteiger partial charge is 0.496 e. The van der Waals surface area contributed by atoms with Gasteiger partial charge in [-0.2, -0.15) is 0 Å². The zero-order valence-corrected chi connectivity index (χ0v) is 15.1. The standard InChI is InChI=1S/C20H22N2O4/c1-5-10-22-19(21-15-9-7-6-8-13(15)20(22)23)14-11-17(25-3)18(26-4)12-16(14)24-2/h5-9,11-12,19,21H,1,10H2,2-4H3. The van der Waals surface area contributed by atoms with E-state index in [1.54, 1.807) is 38.4 Å². The van der Waals surface area contributed by atoms with Crippen LogP contribution in [0.15, 0.2) is 49.1 Å². The quantitative estimate of drug-likeness (QED) is 0.805. The van der Waals surface area contributed by atoms with Crippen molar-refractivity contribution in [3.63, 3.8) is 0 Å². The zero-order chi connectivity index (χ0) is 18.7. The molecule has 0 radical (unpaired) electrons. The third-order valence-corrected chi connectivity index (χ3v) is 4.38. The van der Waals surface area contributed by atoms with Gasteiger partial charge in [0.25, 0.3) is 5.91 Å². The topological polar surface area (TPSA) is 60.0 Å². The molecule has 136 valence electrons. The van der Waals surface area contributed by atoms with E-state index in [4.69, 9.17) is 14.2 Å². The van der Waals surface area contributed by atoms with Crippen molar-refractivity contribution >= 4 is 11.6 Å². The number of fused-ring (bicyclic) bond motifs is 1. The molecule has 6 nitrogen and oxygen atoms in total. The van der Waals surface area contributed by atoms with Gasteiger partial charge in [-0.15, -0.1) is 6.58 Å². The van der Waals surface area contributed by atoms with E-state index in [2.05, 4.69) is 11.9 Å². The molecule has 0 aliphatic carbocycles. The van der Waals surface area contributed by atoms with Gasteiger partial charge in [-0.05, 0) is 18.2 Å². The molecule has 1 atom stereocenters. The number of methoxy groups -OCH3 is 3. The van der Waals surface area contributed by atoms with Crippen LogP contribution in [0.3, 0.4) is 0 Å². The molecule has 2 aromatic carbocycles. The third-order valence-electron chi connectivity index (χ3n) is 4.38. The number of carbonyl (C=O) groups is 1. The number of amides is 1. The predicted octanol–water partition coefficient (Wildman–Crippen LogP) is 3.46. The molecule has 0 bridgehead atoms. The molecule has 1 unspecified atom stereocenters. The van der Waals surface area contributed by atoms with Gasteiger partial charge in [0.05, 0.1) is 26.9 Å². The fraction of sp³-hybridized carbons (Fsp3) is 0.250. The molecule has 3 rings (SSSR count). The average molecular weight is 354 g/mol. The second-order valence-corrected chi connectivity index (χ2v) is 5.79. The minimum Gasteiger partial charge on any atom is -0.496 e. The Morgan fingerprint density at radius 3 is 2.38 bits per heavy atom. The first-order valence-corrected chi connectivity index (χ1v) is 8.22. The molecule has 0 saturated carbocycles. The van der Waals surface area contributed by atoms with Crippen molar-refractivity contribution in [3.05, 3.63) is 60.2 Å². The number of rotatable bonds is 6. The summed E-state index contributed by atoms with van der Waals surface area (Å²) in [5.74, 6) is 1.66. The monoisotopic (exact) mass is 354 g/mol. The highest BCUT2D eigenvalue weighted by molar-refractivity contribution is 6.01. The molecular weight excluding hydrogens is 332 g/mol. The Morgan fingerprint density at radius 2 is 1.73 bits per heavy atom. The van der Waals surface area contributed by atoms with Gasteiger partial charge < -0.3 is 24.4 Å². The van der Waals surface area contributed by atoms with Crippen molar-refractivity contribution in [2.45, 2.75) is 6.17 Å². The second kappa shape index (κ2) is 7.39. The number of nitrogens with one attached hydrogen (secondary N) is 1. The first-order chi connectivity index (χ1) is 12.6. The van der Waals surface area contributed by atoms with Gasteiger partial charge in [0.1, 0.15) is 11.9 Å². The highest BCUT2D eigenvalue weighted by atomic mass is 16.5. The normalized spacial score (nSPS) is 15.7. The van der Waals surface area contributed by atoms with Crippen molar-refractivity contribution < 1.29 is 19.0 Å². The van der Waals surface area contributed by atoms with Crippen LogP contribution in [0.5, 0.6) is 17.2 Å². The number of hydrogen-bond acceptors (Lipinski definition) is 5. The van der Waals surface area contributed by atoms with Crippen LogP contribution in [-0.4, -0.2) is 38.7 Å². The van der Waals surface area contributed by atoms with Crippen molar-refractivity contribution in [3.8, 4) is 17.2 Å². The summed E-state index contributed by atoms with van der Waals surface area (Å²) in [7, 11) is 4.73. The maximum absolute atomic E-state index is 13.0. The fourth-order valence-electron chi connectivity index (χ4n) is 3.13. The first-order valence-electron chi connectivity index (χ1n) is 8.22. The minimum atomic E-state index is -0.426. The Kier molecular flexibility index (Phi) is 5.02. The molecule has 1 aliphatic heterocycles. The van der Waals surface area contributed by atoms with Crippen LogP contribution in [0.25, 0.3) is 0 Å². The lowest BCUT2D eigenvalue weighted by molar-refractivity contribution is 0.0705. The average Bonchev–Trinajstić information content (AvgIpc) is 2.69. The van der Waals surface area contributed by atoms with Crippen LogP contribution in [0.4, 0.5) is 5.69 Å². The summed E-state index contributed by atoms with van der Waals surface area (Å²) in [4.78, 5) is 14.7. The van der Waals surface area contributed by atoms with Crippen LogP contribution < -0.4 is 19.5 Å². The molecule has 1 aliphatic rings. The molecule has 0 saturated heterocycles. The van der Waals surface area contributed by atoms with Gasteiger partial charge in [-0.25, -0.2) is 0 Å². The van der Waals surface area contributed by atoms with Crippen LogP contribution in [0.2, 0.25) is 0 Å². The Hall–Kier alpha value is -3.15. The molecule has 0 spiro atoms. The van der Waals surface area contributed by atoms with Gasteiger partial charge in [-0.1, -0.05) is 18.2 Å². The van der Waals surface area contributed by atoms with Crippen LogP contribution in [0.1, 0.15) is 22.1 Å². The van der Waals surface area contributed by atoms with E-state index < -0.39 is 6.17 Å². The van der Waals surface area contributed by atoms with Gasteiger partial charge in [0, 0.05) is 23.9 Å². The lowest BCUT2D eigenvalue weighted by Crippen LogP contribution is -2.43. The summed E-state index contributed by atoms with van der Waals surface area (Å²) >= 11 is 0. The van der Waals surface area contributed by atoms with Gasteiger partial charge in [-0.3, -0.25) is 4.79 Å². The molecule has 0 aromatic heterocycles. The van der Waals surface area contributed by atoms with E-state index >= 15 is 0 Å². The van der Waals surface area contributed by atoms with Crippen molar-refractivity contribution in [2.24, 2.45) is 0 Å².